The van der Waals surface area contributed by atoms with Gasteiger partial charge in [0.2, 0.25) is 11.8 Å². The zero-order chi connectivity index (χ0) is 20.5. The quantitative estimate of drug-likeness (QED) is 0.760. The molecular weight excluding hydrogens is 371 g/mol. The summed E-state index contributed by atoms with van der Waals surface area (Å²) in [7, 11) is 0. The number of hydrogen-bond donors (Lipinski definition) is 2. The fraction of sp³-hybridized carbons (Fsp3) is 0.900. The smallest absolute Gasteiger partial charge is 0.369 e. The standard InChI is InChI=1S/C20H30F3N3O2/c1-18(2,26-5-3-4-14(26)20(21,22)23)17(28)25-15-12-6-11-7-13(15)10-19(8-11,9-12)16(24)27/h11-15H,3-10H2,1-2H3,(H2,24,27)(H,25,28). The molecule has 158 valence electrons. The summed E-state index contributed by atoms with van der Waals surface area (Å²) in [6, 6.07) is -1.63. The molecule has 3 unspecified atom stereocenters. The molecule has 4 aliphatic carbocycles. The highest BCUT2D eigenvalue weighted by molar-refractivity contribution is 5.86. The summed E-state index contributed by atoms with van der Waals surface area (Å²) in [5, 5.41) is 3.11. The van der Waals surface area contributed by atoms with Gasteiger partial charge in [-0.05, 0) is 83.1 Å². The van der Waals surface area contributed by atoms with E-state index in [-0.39, 0.29) is 42.7 Å². The van der Waals surface area contributed by atoms with Crippen LogP contribution in [-0.4, -0.2) is 47.1 Å². The molecule has 5 fully saturated rings. The van der Waals surface area contributed by atoms with E-state index < -0.39 is 23.2 Å². The fourth-order valence-corrected chi connectivity index (χ4v) is 6.80. The third-order valence-electron chi connectivity index (χ3n) is 8.00. The van der Waals surface area contributed by atoms with Crippen molar-refractivity contribution in [3.63, 3.8) is 0 Å². The van der Waals surface area contributed by atoms with Gasteiger partial charge in [0.05, 0.1) is 5.54 Å². The van der Waals surface area contributed by atoms with Crippen molar-refractivity contribution in [2.75, 3.05) is 6.54 Å². The summed E-state index contributed by atoms with van der Waals surface area (Å²) in [6.45, 7) is 3.45. The second-order valence-corrected chi connectivity index (χ2v) is 10.1. The monoisotopic (exact) mass is 401 g/mol. The van der Waals surface area contributed by atoms with E-state index in [1.54, 1.807) is 13.8 Å². The molecule has 0 spiro atoms. The first-order valence-corrected chi connectivity index (χ1v) is 10.4. The van der Waals surface area contributed by atoms with Crippen LogP contribution < -0.4 is 11.1 Å². The molecular formula is C20H30F3N3O2. The Hall–Kier alpha value is -1.31. The van der Waals surface area contributed by atoms with Gasteiger partial charge in [0.1, 0.15) is 6.04 Å². The van der Waals surface area contributed by atoms with Crippen molar-refractivity contribution in [2.24, 2.45) is 28.9 Å². The van der Waals surface area contributed by atoms with Gasteiger partial charge >= 0.3 is 6.18 Å². The molecule has 3 N–H and O–H groups in total. The van der Waals surface area contributed by atoms with Crippen molar-refractivity contribution in [1.29, 1.82) is 0 Å². The molecule has 4 bridgehead atoms. The van der Waals surface area contributed by atoms with Gasteiger partial charge in [-0.25, -0.2) is 0 Å². The lowest BCUT2D eigenvalue weighted by Crippen LogP contribution is -2.66. The van der Waals surface area contributed by atoms with Gasteiger partial charge in [-0.1, -0.05) is 0 Å². The van der Waals surface area contributed by atoms with Crippen LogP contribution in [0.4, 0.5) is 13.2 Å². The van der Waals surface area contributed by atoms with Crippen molar-refractivity contribution in [2.45, 2.75) is 82.6 Å². The summed E-state index contributed by atoms with van der Waals surface area (Å²) in [6.07, 6.45) is 0.311. The second-order valence-electron chi connectivity index (χ2n) is 10.1. The summed E-state index contributed by atoms with van der Waals surface area (Å²) in [5.41, 5.74) is 4.04. The number of alkyl halides is 3. The Balaban J connectivity index is 1.49. The zero-order valence-corrected chi connectivity index (χ0v) is 16.5. The molecule has 0 aromatic rings. The molecule has 8 heteroatoms. The summed E-state index contributed by atoms with van der Waals surface area (Å²) in [4.78, 5) is 26.5. The predicted octanol–water partition coefficient (Wildman–Crippen LogP) is 2.59. The number of hydrogen-bond acceptors (Lipinski definition) is 3. The van der Waals surface area contributed by atoms with Crippen LogP contribution in [0.3, 0.4) is 0 Å². The fourth-order valence-electron chi connectivity index (χ4n) is 6.80. The average Bonchev–Trinajstić information content (AvgIpc) is 3.08. The van der Waals surface area contributed by atoms with Crippen molar-refractivity contribution >= 4 is 11.8 Å². The number of carbonyl (C=O) groups is 2. The Morgan fingerprint density at radius 3 is 2.25 bits per heavy atom. The van der Waals surface area contributed by atoms with Crippen LogP contribution in [-0.2, 0) is 9.59 Å². The van der Waals surface area contributed by atoms with E-state index in [0.717, 1.165) is 19.3 Å². The number of halogens is 3. The highest BCUT2D eigenvalue weighted by Crippen LogP contribution is 2.60. The van der Waals surface area contributed by atoms with Crippen LogP contribution in [0.25, 0.3) is 0 Å². The molecule has 0 radical (unpaired) electrons. The molecule has 0 aromatic heterocycles. The number of nitrogens with two attached hydrogens (primary N) is 1. The van der Waals surface area contributed by atoms with Gasteiger partial charge in [0, 0.05) is 11.5 Å². The highest BCUT2D eigenvalue weighted by Gasteiger charge is 2.59. The number of rotatable bonds is 4. The molecule has 1 heterocycles. The molecule has 3 atom stereocenters. The normalized spacial score (nSPS) is 40.7. The maximum atomic E-state index is 13.4. The third kappa shape index (κ3) is 3.02. The van der Waals surface area contributed by atoms with Crippen molar-refractivity contribution < 1.29 is 22.8 Å². The summed E-state index contributed by atoms with van der Waals surface area (Å²) in [5.74, 6) is 0.279. The van der Waals surface area contributed by atoms with Gasteiger partial charge in [0.25, 0.3) is 0 Å². The maximum Gasteiger partial charge on any atom is 0.404 e. The topological polar surface area (TPSA) is 75.4 Å². The summed E-state index contributed by atoms with van der Waals surface area (Å²) >= 11 is 0. The second kappa shape index (κ2) is 6.34. The van der Waals surface area contributed by atoms with Gasteiger partial charge in [-0.15, -0.1) is 0 Å². The van der Waals surface area contributed by atoms with Gasteiger partial charge < -0.3 is 11.1 Å². The predicted molar refractivity (Wildman–Crippen MR) is 97.0 cm³/mol. The van der Waals surface area contributed by atoms with Crippen molar-refractivity contribution in [3.05, 3.63) is 0 Å². The number of nitrogens with zero attached hydrogens (tertiary/aromatic N) is 1. The first-order chi connectivity index (χ1) is 12.9. The number of amides is 2. The Morgan fingerprint density at radius 1 is 1.11 bits per heavy atom. The minimum atomic E-state index is -4.33. The van der Waals surface area contributed by atoms with E-state index in [9.17, 15) is 22.8 Å². The molecule has 2 amide bonds. The Kier molecular flexibility index (Phi) is 4.53. The lowest BCUT2D eigenvalue weighted by atomic mass is 9.47. The molecule has 4 saturated carbocycles. The average molecular weight is 401 g/mol. The lowest BCUT2D eigenvalue weighted by molar-refractivity contribution is -0.189. The van der Waals surface area contributed by atoms with Crippen LogP contribution >= 0.6 is 0 Å². The highest BCUT2D eigenvalue weighted by atomic mass is 19.4. The van der Waals surface area contributed by atoms with E-state index in [1.807, 2.05) is 0 Å². The SMILES string of the molecule is CC(C)(C(=O)NC1C2CC3CC1CC(C(N)=O)(C3)C2)N1CCCC1C(F)(F)F. The molecule has 5 rings (SSSR count). The molecule has 0 aromatic carbocycles. The molecule has 1 saturated heterocycles. The van der Waals surface area contributed by atoms with E-state index in [2.05, 4.69) is 5.32 Å². The Labute approximate surface area is 163 Å². The van der Waals surface area contributed by atoms with E-state index in [4.69, 9.17) is 5.73 Å². The van der Waals surface area contributed by atoms with Gasteiger partial charge in [-0.2, -0.15) is 13.2 Å². The van der Waals surface area contributed by atoms with Gasteiger partial charge in [0.15, 0.2) is 0 Å². The number of likely N-dealkylation sites (tertiary alicyclic amines) is 1. The number of primary amides is 1. The number of nitrogens with one attached hydrogen (secondary N) is 1. The van der Waals surface area contributed by atoms with Crippen LogP contribution in [0.2, 0.25) is 0 Å². The van der Waals surface area contributed by atoms with Crippen LogP contribution in [0.5, 0.6) is 0 Å². The zero-order valence-electron chi connectivity index (χ0n) is 16.5. The molecule has 5 aliphatic rings. The first-order valence-electron chi connectivity index (χ1n) is 10.4. The lowest BCUT2D eigenvalue weighted by Gasteiger charge is -2.59. The van der Waals surface area contributed by atoms with Crippen LogP contribution in [0.15, 0.2) is 0 Å². The third-order valence-corrected chi connectivity index (χ3v) is 8.00. The maximum absolute atomic E-state index is 13.4. The summed E-state index contributed by atoms with van der Waals surface area (Å²) < 4.78 is 40.2. The largest absolute Gasteiger partial charge is 0.404 e. The van der Waals surface area contributed by atoms with Crippen LogP contribution in [0, 0.1) is 23.2 Å². The van der Waals surface area contributed by atoms with Crippen molar-refractivity contribution in [1.82, 2.24) is 10.2 Å². The minimum absolute atomic E-state index is 0.0394. The Bertz CT molecular complexity index is 662. The van der Waals surface area contributed by atoms with E-state index in [0.29, 0.717) is 25.2 Å². The van der Waals surface area contributed by atoms with Gasteiger partial charge in [-0.3, -0.25) is 14.5 Å². The Morgan fingerprint density at radius 2 is 1.71 bits per heavy atom. The molecule has 5 nitrogen and oxygen atoms in total. The van der Waals surface area contributed by atoms with E-state index in [1.165, 1.54) is 4.90 Å². The molecule has 28 heavy (non-hydrogen) atoms. The van der Waals surface area contributed by atoms with Crippen LogP contribution in [0.1, 0.15) is 58.8 Å². The van der Waals surface area contributed by atoms with Crippen molar-refractivity contribution in [3.8, 4) is 0 Å². The molecule has 1 aliphatic heterocycles. The minimum Gasteiger partial charge on any atom is -0.369 e. The first kappa shape index (κ1) is 20.0. The van der Waals surface area contributed by atoms with E-state index >= 15 is 0 Å². The number of carbonyl (C=O) groups excluding carboxylic acids is 2.